The quantitative estimate of drug-likeness (QED) is 0.488. The van der Waals surface area contributed by atoms with Gasteiger partial charge in [-0.05, 0) is 36.4 Å². The average molecular weight is 439 g/mol. The van der Waals surface area contributed by atoms with Crippen molar-refractivity contribution in [1.82, 2.24) is 14.8 Å². The minimum Gasteiger partial charge on any atom is -0.378 e. The lowest BCUT2D eigenvalue weighted by molar-refractivity contribution is -0.137. The Labute approximate surface area is 182 Å². The Kier molecular flexibility index (Phi) is 5.33. The number of halogens is 3. The van der Waals surface area contributed by atoms with Gasteiger partial charge in [0.05, 0.1) is 28.4 Å². The number of rotatable bonds is 4. The van der Waals surface area contributed by atoms with Gasteiger partial charge in [-0.25, -0.2) is 4.98 Å². The van der Waals surface area contributed by atoms with Gasteiger partial charge in [0.2, 0.25) is 0 Å². The number of carbonyl (C=O) groups excluding carboxylic acids is 1. The van der Waals surface area contributed by atoms with Crippen LogP contribution in [0.25, 0.3) is 22.3 Å². The van der Waals surface area contributed by atoms with Crippen LogP contribution in [-0.4, -0.2) is 34.8 Å². The molecule has 4 aromatic rings. The van der Waals surface area contributed by atoms with Gasteiger partial charge < -0.3 is 10.2 Å². The van der Waals surface area contributed by atoms with Crippen molar-refractivity contribution < 1.29 is 18.0 Å². The summed E-state index contributed by atoms with van der Waals surface area (Å²) in [4.78, 5) is 19.4. The van der Waals surface area contributed by atoms with E-state index in [1.807, 2.05) is 31.1 Å². The second-order valence-electron chi connectivity index (χ2n) is 7.50. The van der Waals surface area contributed by atoms with Crippen LogP contribution in [0.1, 0.15) is 15.9 Å². The number of pyridine rings is 1. The molecule has 2 heterocycles. The molecule has 0 atom stereocenters. The summed E-state index contributed by atoms with van der Waals surface area (Å²) in [5, 5.41) is 7.38. The third-order valence-corrected chi connectivity index (χ3v) is 5.10. The number of aryl methyl sites for hydroxylation is 1. The Morgan fingerprint density at radius 3 is 2.41 bits per heavy atom. The van der Waals surface area contributed by atoms with Crippen molar-refractivity contribution in [3.05, 3.63) is 71.9 Å². The van der Waals surface area contributed by atoms with Gasteiger partial charge in [0.1, 0.15) is 0 Å². The van der Waals surface area contributed by atoms with Crippen molar-refractivity contribution >= 4 is 28.3 Å². The highest BCUT2D eigenvalue weighted by atomic mass is 19.4. The maximum Gasteiger partial charge on any atom is 0.417 e. The molecule has 0 unspecified atom stereocenters. The van der Waals surface area contributed by atoms with Crippen LogP contribution in [0, 0.1) is 0 Å². The van der Waals surface area contributed by atoms with Crippen LogP contribution >= 0.6 is 0 Å². The van der Waals surface area contributed by atoms with Gasteiger partial charge in [-0.1, -0.05) is 18.2 Å². The van der Waals surface area contributed by atoms with E-state index in [0.29, 0.717) is 16.7 Å². The maximum atomic E-state index is 13.6. The van der Waals surface area contributed by atoms with Crippen molar-refractivity contribution in [1.29, 1.82) is 0 Å². The lowest BCUT2D eigenvalue weighted by Crippen LogP contribution is -2.14. The topological polar surface area (TPSA) is 63.1 Å². The number of anilines is 2. The third kappa shape index (κ3) is 4.01. The molecule has 0 aliphatic heterocycles. The minimum atomic E-state index is -4.56. The summed E-state index contributed by atoms with van der Waals surface area (Å²) >= 11 is 0. The van der Waals surface area contributed by atoms with Crippen LogP contribution in [0.5, 0.6) is 0 Å². The zero-order chi connectivity index (χ0) is 23.0. The van der Waals surface area contributed by atoms with Crippen molar-refractivity contribution in [2.24, 2.45) is 7.05 Å². The average Bonchev–Trinajstić information content (AvgIpc) is 3.13. The van der Waals surface area contributed by atoms with E-state index in [0.717, 1.165) is 11.8 Å². The first-order valence-corrected chi connectivity index (χ1v) is 9.73. The van der Waals surface area contributed by atoms with E-state index in [4.69, 9.17) is 0 Å². The highest BCUT2D eigenvalue weighted by molar-refractivity contribution is 6.12. The van der Waals surface area contributed by atoms with Gasteiger partial charge in [0.15, 0.2) is 5.65 Å². The van der Waals surface area contributed by atoms with E-state index in [-0.39, 0.29) is 16.8 Å². The van der Waals surface area contributed by atoms with E-state index in [1.54, 1.807) is 19.2 Å². The summed E-state index contributed by atoms with van der Waals surface area (Å²) in [6, 6.07) is 13.8. The monoisotopic (exact) mass is 439 g/mol. The summed E-state index contributed by atoms with van der Waals surface area (Å²) < 4.78 is 42.2. The molecule has 0 aliphatic carbocycles. The Hall–Kier alpha value is -3.88. The first kappa shape index (κ1) is 21.4. The number of nitrogens with one attached hydrogen (secondary N) is 1. The Balaban J connectivity index is 1.80. The van der Waals surface area contributed by atoms with Crippen LogP contribution in [0.4, 0.5) is 24.5 Å². The number of carbonyl (C=O) groups is 1. The fourth-order valence-electron chi connectivity index (χ4n) is 3.44. The molecule has 2 aromatic heterocycles. The van der Waals surface area contributed by atoms with Gasteiger partial charge in [-0.3, -0.25) is 9.48 Å². The Morgan fingerprint density at radius 2 is 1.75 bits per heavy atom. The van der Waals surface area contributed by atoms with Crippen LogP contribution in [0.15, 0.2) is 60.8 Å². The predicted molar refractivity (Wildman–Crippen MR) is 118 cm³/mol. The molecule has 6 nitrogen and oxygen atoms in total. The molecule has 1 N–H and O–H groups in total. The van der Waals surface area contributed by atoms with Crippen LogP contribution in [-0.2, 0) is 13.2 Å². The van der Waals surface area contributed by atoms with Gasteiger partial charge in [0, 0.05) is 38.1 Å². The van der Waals surface area contributed by atoms with Crippen molar-refractivity contribution in [2.45, 2.75) is 6.18 Å². The number of fused-ring (bicyclic) bond motifs is 1. The molecule has 1 amide bonds. The first-order valence-electron chi connectivity index (χ1n) is 9.73. The SMILES string of the molecule is CN(C)c1ccc(NC(=O)c2cc(-c3ccccc3C(F)(F)F)nc3c2cnn3C)cc1. The summed E-state index contributed by atoms with van der Waals surface area (Å²) in [5.41, 5.74) is 1.15. The first-order chi connectivity index (χ1) is 15.1. The Morgan fingerprint density at radius 1 is 1.06 bits per heavy atom. The highest BCUT2D eigenvalue weighted by Gasteiger charge is 2.34. The summed E-state index contributed by atoms with van der Waals surface area (Å²) in [7, 11) is 5.43. The molecular weight excluding hydrogens is 419 g/mol. The fraction of sp³-hybridized carbons (Fsp3) is 0.174. The molecule has 0 fully saturated rings. The number of benzene rings is 2. The van der Waals surface area contributed by atoms with Crippen molar-refractivity contribution in [2.75, 3.05) is 24.3 Å². The van der Waals surface area contributed by atoms with Crippen LogP contribution in [0.2, 0.25) is 0 Å². The molecular formula is C23H20F3N5O. The van der Waals surface area contributed by atoms with Crippen LogP contribution in [0.3, 0.4) is 0 Å². The van der Waals surface area contributed by atoms with E-state index in [2.05, 4.69) is 15.4 Å². The number of hydrogen-bond acceptors (Lipinski definition) is 4. The predicted octanol–water partition coefficient (Wildman–Crippen LogP) is 4.97. The molecule has 0 aliphatic rings. The molecule has 32 heavy (non-hydrogen) atoms. The second kappa shape index (κ2) is 7.99. The largest absolute Gasteiger partial charge is 0.417 e. The molecule has 9 heteroatoms. The molecule has 2 aromatic carbocycles. The standard InChI is InChI=1S/C23H20F3N5O/c1-30(2)15-10-8-14(9-11-15)28-22(32)17-12-20(29-21-18(17)13-27-31(21)3)16-6-4-5-7-19(16)23(24,25)26/h4-13H,1-3H3,(H,28,32). The van der Waals surface area contributed by atoms with E-state index in [1.165, 1.54) is 35.1 Å². The molecule has 0 saturated carbocycles. The van der Waals surface area contributed by atoms with Crippen molar-refractivity contribution in [3.8, 4) is 11.3 Å². The van der Waals surface area contributed by atoms with Gasteiger partial charge in [-0.2, -0.15) is 18.3 Å². The maximum absolute atomic E-state index is 13.6. The van der Waals surface area contributed by atoms with Gasteiger partial charge in [-0.15, -0.1) is 0 Å². The minimum absolute atomic E-state index is 0.0436. The normalized spacial score (nSPS) is 11.6. The zero-order valence-electron chi connectivity index (χ0n) is 17.6. The number of alkyl halides is 3. The summed E-state index contributed by atoms with van der Waals surface area (Å²) in [6.45, 7) is 0. The van der Waals surface area contributed by atoms with Gasteiger partial charge >= 0.3 is 6.18 Å². The smallest absolute Gasteiger partial charge is 0.378 e. The number of aromatic nitrogens is 3. The fourth-order valence-corrected chi connectivity index (χ4v) is 3.44. The molecule has 164 valence electrons. The Bertz CT molecular complexity index is 1290. The summed E-state index contributed by atoms with van der Waals surface area (Å²) in [5.74, 6) is -0.464. The number of hydrogen-bond donors (Lipinski definition) is 1. The van der Waals surface area contributed by atoms with Crippen LogP contribution < -0.4 is 10.2 Å². The lowest BCUT2D eigenvalue weighted by Gasteiger charge is -2.14. The van der Waals surface area contributed by atoms with E-state index < -0.39 is 17.6 Å². The second-order valence-corrected chi connectivity index (χ2v) is 7.50. The highest BCUT2D eigenvalue weighted by Crippen LogP contribution is 2.37. The third-order valence-electron chi connectivity index (χ3n) is 5.10. The lowest BCUT2D eigenvalue weighted by atomic mass is 10.0. The number of amides is 1. The van der Waals surface area contributed by atoms with Gasteiger partial charge in [0.25, 0.3) is 5.91 Å². The number of nitrogens with zero attached hydrogens (tertiary/aromatic N) is 4. The molecule has 0 spiro atoms. The molecule has 0 saturated heterocycles. The molecule has 4 rings (SSSR count). The van der Waals surface area contributed by atoms with E-state index in [9.17, 15) is 18.0 Å². The summed E-state index contributed by atoms with van der Waals surface area (Å²) in [6.07, 6.45) is -3.08. The zero-order valence-corrected chi connectivity index (χ0v) is 17.6. The van der Waals surface area contributed by atoms with E-state index >= 15 is 0 Å². The molecule has 0 bridgehead atoms. The molecule has 0 radical (unpaired) electrons. The van der Waals surface area contributed by atoms with Crippen molar-refractivity contribution in [3.63, 3.8) is 0 Å².